The number of benzene rings is 2. The van der Waals surface area contributed by atoms with Crippen LogP contribution in [0.3, 0.4) is 0 Å². The molecule has 0 heterocycles. The Bertz CT molecular complexity index is 775. The second kappa shape index (κ2) is 7.09. The van der Waals surface area contributed by atoms with Crippen molar-refractivity contribution in [1.82, 2.24) is 5.32 Å². The standard InChI is InChI=1S/C15H12Cl3NO3S/c16-15(17,18)14(19-13(20)11-7-3-1-4-8-11)23(21,22)12-9-5-2-6-10-12/h1-10,14H,(H,19,20)/t14-/m0/s1. The Labute approximate surface area is 149 Å². The molecule has 0 aliphatic carbocycles. The van der Waals surface area contributed by atoms with Crippen LogP contribution in [0.2, 0.25) is 0 Å². The van der Waals surface area contributed by atoms with Crippen molar-refractivity contribution in [3.63, 3.8) is 0 Å². The van der Waals surface area contributed by atoms with Crippen LogP contribution >= 0.6 is 34.8 Å². The van der Waals surface area contributed by atoms with E-state index in [9.17, 15) is 13.2 Å². The van der Waals surface area contributed by atoms with Crippen LogP contribution in [0.4, 0.5) is 0 Å². The van der Waals surface area contributed by atoms with E-state index in [1.54, 1.807) is 36.4 Å². The summed E-state index contributed by atoms with van der Waals surface area (Å²) in [6, 6.07) is 15.6. The van der Waals surface area contributed by atoms with Crippen LogP contribution in [-0.4, -0.2) is 23.5 Å². The summed E-state index contributed by atoms with van der Waals surface area (Å²) < 4.78 is 23.1. The molecule has 2 rings (SSSR count). The molecule has 0 aromatic heterocycles. The molecule has 0 saturated heterocycles. The predicted octanol–water partition coefficient (Wildman–Crippen LogP) is 3.59. The number of hydrogen-bond donors (Lipinski definition) is 1. The highest BCUT2D eigenvalue weighted by molar-refractivity contribution is 7.92. The summed E-state index contributed by atoms with van der Waals surface area (Å²) in [5.41, 5.74) is 0.259. The molecule has 0 aliphatic heterocycles. The van der Waals surface area contributed by atoms with Crippen LogP contribution in [0, 0.1) is 0 Å². The van der Waals surface area contributed by atoms with Crippen LogP contribution < -0.4 is 5.32 Å². The Balaban J connectivity index is 2.38. The zero-order valence-electron chi connectivity index (χ0n) is 11.6. The Hall–Kier alpha value is -1.27. The average Bonchev–Trinajstić information content (AvgIpc) is 2.53. The third kappa shape index (κ3) is 4.38. The van der Waals surface area contributed by atoms with Gasteiger partial charge in [-0.3, -0.25) is 4.79 Å². The lowest BCUT2D eigenvalue weighted by Crippen LogP contribution is -2.49. The molecule has 122 valence electrons. The summed E-state index contributed by atoms with van der Waals surface area (Å²) in [5, 5.41) is 0.563. The highest BCUT2D eigenvalue weighted by Crippen LogP contribution is 2.35. The van der Waals surface area contributed by atoms with Crippen LogP contribution in [0.1, 0.15) is 10.4 Å². The van der Waals surface area contributed by atoms with Gasteiger partial charge in [-0.2, -0.15) is 0 Å². The number of rotatable bonds is 4. The largest absolute Gasteiger partial charge is 0.332 e. The van der Waals surface area contributed by atoms with E-state index in [0.29, 0.717) is 0 Å². The van der Waals surface area contributed by atoms with Gasteiger partial charge in [0.05, 0.1) is 4.90 Å². The molecule has 0 unspecified atom stereocenters. The van der Waals surface area contributed by atoms with Crippen molar-refractivity contribution in [1.29, 1.82) is 0 Å². The smallest absolute Gasteiger partial charge is 0.252 e. The van der Waals surface area contributed by atoms with E-state index in [1.165, 1.54) is 24.3 Å². The van der Waals surface area contributed by atoms with Crippen LogP contribution in [0.25, 0.3) is 0 Å². The Morgan fingerprint density at radius 1 is 0.913 bits per heavy atom. The number of halogens is 3. The molecule has 0 fully saturated rings. The minimum Gasteiger partial charge on any atom is -0.332 e. The quantitative estimate of drug-likeness (QED) is 0.809. The molecule has 1 N–H and O–H groups in total. The van der Waals surface area contributed by atoms with Gasteiger partial charge in [0, 0.05) is 5.56 Å². The van der Waals surface area contributed by atoms with E-state index in [1.807, 2.05) is 0 Å². The van der Waals surface area contributed by atoms with Crippen molar-refractivity contribution in [2.45, 2.75) is 14.1 Å². The summed E-state index contributed by atoms with van der Waals surface area (Å²) in [4.78, 5) is 12.2. The number of carbonyl (C=O) groups excluding carboxylic acids is 1. The molecule has 0 bridgehead atoms. The first-order chi connectivity index (χ1) is 10.7. The van der Waals surface area contributed by atoms with E-state index in [-0.39, 0.29) is 10.5 Å². The van der Waals surface area contributed by atoms with Gasteiger partial charge in [0.15, 0.2) is 5.37 Å². The Morgan fingerprint density at radius 3 is 1.87 bits per heavy atom. The molecule has 1 atom stereocenters. The zero-order valence-corrected chi connectivity index (χ0v) is 14.7. The summed E-state index contributed by atoms with van der Waals surface area (Å²) >= 11 is 17.4. The number of amides is 1. The van der Waals surface area contributed by atoms with Gasteiger partial charge in [-0.05, 0) is 24.3 Å². The van der Waals surface area contributed by atoms with Gasteiger partial charge in [0.25, 0.3) is 5.91 Å². The molecule has 2 aromatic rings. The first-order valence-electron chi connectivity index (χ1n) is 6.44. The molecule has 0 spiro atoms. The monoisotopic (exact) mass is 391 g/mol. The van der Waals surface area contributed by atoms with Gasteiger partial charge in [-0.25, -0.2) is 8.42 Å². The van der Waals surface area contributed by atoms with Crippen molar-refractivity contribution in [3.05, 3.63) is 66.2 Å². The maximum Gasteiger partial charge on any atom is 0.252 e. The predicted molar refractivity (Wildman–Crippen MR) is 91.6 cm³/mol. The van der Waals surface area contributed by atoms with Crippen molar-refractivity contribution in [3.8, 4) is 0 Å². The SMILES string of the molecule is O=C(N[C@H](C(Cl)(Cl)Cl)S(=O)(=O)c1ccccc1)c1ccccc1. The lowest BCUT2D eigenvalue weighted by Gasteiger charge is -2.25. The molecule has 4 nitrogen and oxygen atoms in total. The number of carbonyl (C=O) groups is 1. The fourth-order valence-electron chi connectivity index (χ4n) is 1.87. The second-order valence-electron chi connectivity index (χ2n) is 4.62. The highest BCUT2D eigenvalue weighted by atomic mass is 35.6. The minimum atomic E-state index is -4.09. The van der Waals surface area contributed by atoms with Crippen LogP contribution in [0.15, 0.2) is 65.6 Å². The van der Waals surface area contributed by atoms with Crippen molar-refractivity contribution in [2.75, 3.05) is 0 Å². The van der Waals surface area contributed by atoms with E-state index >= 15 is 0 Å². The number of hydrogen-bond acceptors (Lipinski definition) is 3. The lowest BCUT2D eigenvalue weighted by molar-refractivity contribution is 0.0948. The number of sulfone groups is 1. The molecule has 23 heavy (non-hydrogen) atoms. The zero-order chi connectivity index (χ0) is 17.1. The van der Waals surface area contributed by atoms with Crippen LogP contribution in [0.5, 0.6) is 0 Å². The maximum absolute atomic E-state index is 12.7. The third-order valence-corrected chi connectivity index (χ3v) is 6.04. The van der Waals surface area contributed by atoms with Gasteiger partial charge < -0.3 is 5.32 Å². The molecule has 0 aliphatic rings. The van der Waals surface area contributed by atoms with Crippen molar-refractivity contribution < 1.29 is 13.2 Å². The molecule has 0 radical (unpaired) electrons. The molecule has 2 aromatic carbocycles. The maximum atomic E-state index is 12.7. The van der Waals surface area contributed by atoms with E-state index in [4.69, 9.17) is 34.8 Å². The van der Waals surface area contributed by atoms with Crippen LogP contribution in [-0.2, 0) is 9.84 Å². The molecule has 1 amide bonds. The summed E-state index contributed by atoms with van der Waals surface area (Å²) in [6.45, 7) is 0. The fraction of sp³-hybridized carbons (Fsp3) is 0.133. The molecular formula is C15H12Cl3NO3S. The normalized spacial score (nSPS) is 13.3. The molecule has 8 heteroatoms. The minimum absolute atomic E-state index is 0.0512. The first-order valence-corrected chi connectivity index (χ1v) is 9.12. The summed E-state index contributed by atoms with van der Waals surface area (Å²) in [6.07, 6.45) is 0. The summed E-state index contributed by atoms with van der Waals surface area (Å²) in [5.74, 6) is -0.651. The van der Waals surface area contributed by atoms with Gasteiger partial charge in [-0.15, -0.1) is 0 Å². The van der Waals surface area contributed by atoms with Gasteiger partial charge in [0.2, 0.25) is 13.6 Å². The molecular weight excluding hydrogens is 381 g/mol. The first kappa shape index (κ1) is 18.1. The average molecular weight is 393 g/mol. The fourth-order valence-corrected chi connectivity index (χ4v) is 4.52. The second-order valence-corrected chi connectivity index (χ2v) is 9.02. The number of nitrogens with one attached hydrogen (secondary N) is 1. The Kier molecular flexibility index (Phi) is 5.57. The Morgan fingerprint density at radius 2 is 1.39 bits per heavy atom. The van der Waals surface area contributed by atoms with Gasteiger partial charge in [-0.1, -0.05) is 71.2 Å². The summed E-state index contributed by atoms with van der Waals surface area (Å²) in [7, 11) is -4.09. The lowest BCUT2D eigenvalue weighted by atomic mass is 10.2. The van der Waals surface area contributed by atoms with Crippen molar-refractivity contribution in [2.24, 2.45) is 0 Å². The van der Waals surface area contributed by atoms with Gasteiger partial charge >= 0.3 is 0 Å². The molecule has 0 saturated carbocycles. The van der Waals surface area contributed by atoms with Gasteiger partial charge in [0.1, 0.15) is 0 Å². The van der Waals surface area contributed by atoms with E-state index in [0.717, 1.165) is 0 Å². The third-order valence-electron chi connectivity index (χ3n) is 2.98. The number of alkyl halides is 3. The topological polar surface area (TPSA) is 63.2 Å². The highest BCUT2D eigenvalue weighted by Gasteiger charge is 2.44. The van der Waals surface area contributed by atoms with E-state index in [2.05, 4.69) is 5.32 Å². The van der Waals surface area contributed by atoms with E-state index < -0.39 is 24.9 Å². The van der Waals surface area contributed by atoms with Crippen molar-refractivity contribution >= 4 is 50.5 Å².